The van der Waals surface area contributed by atoms with E-state index < -0.39 is 21.7 Å². The van der Waals surface area contributed by atoms with Gasteiger partial charge >= 0.3 is 0 Å². The number of benzene rings is 2. The highest BCUT2D eigenvalue weighted by Gasteiger charge is 2.30. The van der Waals surface area contributed by atoms with Gasteiger partial charge in [0.1, 0.15) is 5.82 Å². The Morgan fingerprint density at radius 2 is 1.85 bits per heavy atom. The van der Waals surface area contributed by atoms with Crippen LogP contribution in [0, 0.1) is 5.82 Å². The molecule has 9 heteroatoms. The number of nitrogens with one attached hydrogen (secondary N) is 1. The summed E-state index contributed by atoms with van der Waals surface area (Å²) >= 11 is 5.62. The molecule has 0 radical (unpaired) electrons. The summed E-state index contributed by atoms with van der Waals surface area (Å²) in [6.45, 7) is 1.05. The van der Waals surface area contributed by atoms with Crippen LogP contribution in [0.4, 0.5) is 10.1 Å². The van der Waals surface area contributed by atoms with Gasteiger partial charge in [0.2, 0.25) is 10.0 Å². The predicted octanol–water partition coefficient (Wildman–Crippen LogP) is 2.75. The fraction of sp³-hybridized carbons (Fsp3) is 0.235. The zero-order chi connectivity index (χ0) is 18.7. The molecule has 2 aromatic rings. The van der Waals surface area contributed by atoms with E-state index in [1.165, 1.54) is 28.6 Å². The Bertz CT molecular complexity index is 930. The molecule has 1 fully saturated rings. The topological polar surface area (TPSA) is 75.7 Å². The monoisotopic (exact) mass is 398 g/mol. The normalized spacial score (nSPS) is 15.6. The van der Waals surface area contributed by atoms with Crippen LogP contribution in [0.15, 0.2) is 47.4 Å². The Hall–Kier alpha value is -2.00. The van der Waals surface area contributed by atoms with Crippen LogP contribution >= 0.6 is 11.6 Å². The number of amides is 1. The molecule has 0 atom stereocenters. The molecule has 1 saturated heterocycles. The standard InChI is InChI=1S/C17H16ClFN2O4S/c18-14-6-5-12(11-15(14)19)20-17(22)13-3-1-2-4-16(13)26(23,24)21-7-9-25-10-8-21/h1-6,11H,7-10H2,(H,20,22). The molecule has 0 aliphatic carbocycles. The maximum atomic E-state index is 13.5. The van der Waals surface area contributed by atoms with E-state index in [-0.39, 0.29) is 34.3 Å². The molecule has 1 amide bonds. The van der Waals surface area contributed by atoms with Gasteiger partial charge in [0.25, 0.3) is 5.91 Å². The summed E-state index contributed by atoms with van der Waals surface area (Å²) < 4.78 is 45.8. The van der Waals surface area contributed by atoms with Gasteiger partial charge in [-0.05, 0) is 30.3 Å². The van der Waals surface area contributed by atoms with Gasteiger partial charge < -0.3 is 10.1 Å². The van der Waals surface area contributed by atoms with E-state index in [0.717, 1.165) is 6.07 Å². The van der Waals surface area contributed by atoms with Crippen LogP contribution in [-0.4, -0.2) is 44.9 Å². The Labute approximate surface area is 155 Å². The number of ether oxygens (including phenoxy) is 1. The minimum Gasteiger partial charge on any atom is -0.379 e. The number of morpholine rings is 1. The number of rotatable bonds is 4. The highest BCUT2D eigenvalue weighted by Crippen LogP contribution is 2.23. The molecule has 1 aliphatic heterocycles. The van der Waals surface area contributed by atoms with Crippen molar-refractivity contribution in [1.82, 2.24) is 4.31 Å². The van der Waals surface area contributed by atoms with Crippen molar-refractivity contribution in [3.8, 4) is 0 Å². The number of hydrogen-bond donors (Lipinski definition) is 1. The SMILES string of the molecule is O=C(Nc1ccc(Cl)c(F)c1)c1ccccc1S(=O)(=O)N1CCOCC1. The second-order valence-corrected chi connectivity index (χ2v) is 7.91. The minimum atomic E-state index is -3.85. The van der Waals surface area contributed by atoms with Gasteiger partial charge in [-0.1, -0.05) is 23.7 Å². The number of carbonyl (C=O) groups is 1. The van der Waals surface area contributed by atoms with Crippen LogP contribution in [0.3, 0.4) is 0 Å². The van der Waals surface area contributed by atoms with E-state index in [1.807, 2.05) is 0 Å². The minimum absolute atomic E-state index is 0.0191. The lowest BCUT2D eigenvalue weighted by molar-refractivity contribution is 0.0730. The van der Waals surface area contributed by atoms with Gasteiger partial charge in [0.05, 0.1) is 28.7 Å². The molecule has 1 heterocycles. The summed E-state index contributed by atoms with van der Waals surface area (Å²) in [5.74, 6) is -1.34. The van der Waals surface area contributed by atoms with E-state index >= 15 is 0 Å². The molecule has 0 saturated carbocycles. The van der Waals surface area contributed by atoms with Crippen LogP contribution in [0.2, 0.25) is 5.02 Å². The van der Waals surface area contributed by atoms with Gasteiger partial charge in [-0.3, -0.25) is 4.79 Å². The number of halogens is 2. The van der Waals surface area contributed by atoms with Crippen LogP contribution in [0.1, 0.15) is 10.4 Å². The lowest BCUT2D eigenvalue weighted by atomic mass is 10.2. The maximum Gasteiger partial charge on any atom is 0.257 e. The predicted molar refractivity (Wildman–Crippen MR) is 95.4 cm³/mol. The largest absolute Gasteiger partial charge is 0.379 e. The molecular weight excluding hydrogens is 383 g/mol. The van der Waals surface area contributed by atoms with Crippen molar-refractivity contribution < 1.29 is 22.3 Å². The van der Waals surface area contributed by atoms with E-state index in [0.29, 0.717) is 13.2 Å². The number of nitrogens with zero attached hydrogens (tertiary/aromatic N) is 1. The van der Waals surface area contributed by atoms with Crippen molar-refractivity contribution in [1.29, 1.82) is 0 Å². The Kier molecular flexibility index (Phi) is 5.57. The van der Waals surface area contributed by atoms with Crippen molar-refractivity contribution in [2.45, 2.75) is 4.90 Å². The fourth-order valence-corrected chi connectivity index (χ4v) is 4.29. The van der Waals surface area contributed by atoms with Crippen LogP contribution in [0.5, 0.6) is 0 Å². The van der Waals surface area contributed by atoms with Gasteiger partial charge in [0.15, 0.2) is 0 Å². The molecule has 0 unspecified atom stereocenters. The van der Waals surface area contributed by atoms with Crippen molar-refractivity contribution >= 4 is 33.2 Å². The van der Waals surface area contributed by atoms with E-state index in [9.17, 15) is 17.6 Å². The maximum absolute atomic E-state index is 13.5. The smallest absolute Gasteiger partial charge is 0.257 e. The molecule has 138 valence electrons. The first-order valence-electron chi connectivity index (χ1n) is 7.83. The highest BCUT2D eigenvalue weighted by atomic mass is 35.5. The third-order valence-corrected chi connectivity index (χ3v) is 6.16. The molecule has 26 heavy (non-hydrogen) atoms. The zero-order valence-electron chi connectivity index (χ0n) is 13.6. The average Bonchev–Trinajstić information content (AvgIpc) is 2.65. The summed E-state index contributed by atoms with van der Waals surface area (Å²) in [5.41, 5.74) is 0.157. The summed E-state index contributed by atoms with van der Waals surface area (Å²) in [6.07, 6.45) is 0. The zero-order valence-corrected chi connectivity index (χ0v) is 15.2. The number of anilines is 1. The molecule has 2 aromatic carbocycles. The molecular formula is C17H16ClFN2O4S. The first kappa shape index (κ1) is 18.8. The number of sulfonamides is 1. The summed E-state index contributed by atoms with van der Waals surface area (Å²) in [7, 11) is -3.85. The van der Waals surface area contributed by atoms with E-state index in [1.54, 1.807) is 12.1 Å². The van der Waals surface area contributed by atoms with Crippen molar-refractivity contribution in [2.75, 3.05) is 31.6 Å². The molecule has 6 nitrogen and oxygen atoms in total. The Balaban J connectivity index is 1.91. The summed E-state index contributed by atoms with van der Waals surface area (Å²) in [5, 5.41) is 2.43. The third kappa shape index (κ3) is 3.88. The second kappa shape index (κ2) is 7.71. The third-order valence-electron chi connectivity index (χ3n) is 3.90. The van der Waals surface area contributed by atoms with E-state index in [4.69, 9.17) is 16.3 Å². The first-order chi connectivity index (χ1) is 12.4. The fourth-order valence-electron chi connectivity index (χ4n) is 2.58. The average molecular weight is 399 g/mol. The lowest BCUT2D eigenvalue weighted by Crippen LogP contribution is -2.41. The van der Waals surface area contributed by atoms with Crippen LogP contribution in [-0.2, 0) is 14.8 Å². The van der Waals surface area contributed by atoms with Crippen LogP contribution < -0.4 is 5.32 Å². The molecule has 3 rings (SSSR count). The van der Waals surface area contributed by atoms with E-state index in [2.05, 4.69) is 5.32 Å². The van der Waals surface area contributed by atoms with Crippen molar-refractivity contribution in [3.63, 3.8) is 0 Å². The van der Waals surface area contributed by atoms with Gasteiger partial charge in [-0.15, -0.1) is 0 Å². The van der Waals surface area contributed by atoms with Crippen molar-refractivity contribution in [2.24, 2.45) is 0 Å². The Morgan fingerprint density at radius 1 is 1.15 bits per heavy atom. The summed E-state index contributed by atoms with van der Waals surface area (Å²) in [6, 6.07) is 9.71. The van der Waals surface area contributed by atoms with Gasteiger partial charge in [-0.25, -0.2) is 12.8 Å². The van der Waals surface area contributed by atoms with Crippen molar-refractivity contribution in [3.05, 3.63) is 58.9 Å². The lowest BCUT2D eigenvalue weighted by Gasteiger charge is -2.26. The summed E-state index contributed by atoms with van der Waals surface area (Å²) in [4.78, 5) is 12.5. The quantitative estimate of drug-likeness (QED) is 0.859. The molecule has 0 spiro atoms. The Morgan fingerprint density at radius 3 is 2.54 bits per heavy atom. The number of carbonyl (C=O) groups excluding carboxylic acids is 1. The second-order valence-electron chi connectivity index (χ2n) is 5.60. The van der Waals surface area contributed by atoms with Gasteiger partial charge in [0, 0.05) is 18.8 Å². The molecule has 1 N–H and O–H groups in total. The van der Waals surface area contributed by atoms with Crippen LogP contribution in [0.25, 0.3) is 0 Å². The molecule has 1 aliphatic rings. The number of hydrogen-bond acceptors (Lipinski definition) is 4. The van der Waals surface area contributed by atoms with Gasteiger partial charge in [-0.2, -0.15) is 4.31 Å². The highest BCUT2D eigenvalue weighted by molar-refractivity contribution is 7.89. The first-order valence-corrected chi connectivity index (χ1v) is 9.65. The molecule has 0 bridgehead atoms. The molecule has 0 aromatic heterocycles.